The van der Waals surface area contributed by atoms with E-state index in [-0.39, 0.29) is 22.9 Å². The first-order valence-corrected chi connectivity index (χ1v) is 4.80. The van der Waals surface area contributed by atoms with E-state index in [1.54, 1.807) is 0 Å². The van der Waals surface area contributed by atoms with Gasteiger partial charge in [-0.15, -0.1) is 0 Å². The Labute approximate surface area is 91.4 Å². The van der Waals surface area contributed by atoms with Crippen LogP contribution in [0.2, 0.25) is 0 Å². The molecule has 86 valence electrons. The van der Waals surface area contributed by atoms with E-state index in [0.717, 1.165) is 12.8 Å². The number of nitrogens with one attached hydrogen (secondary N) is 2. The molecule has 0 spiro atoms. The van der Waals surface area contributed by atoms with E-state index in [9.17, 15) is 10.1 Å². The van der Waals surface area contributed by atoms with Crippen molar-refractivity contribution in [2.75, 3.05) is 10.7 Å². The lowest BCUT2D eigenvalue weighted by molar-refractivity contribution is -0.383. The number of nitrogens with zero attached hydrogens (tertiary/aromatic N) is 3. The summed E-state index contributed by atoms with van der Waals surface area (Å²) in [6.45, 7) is 1.98. The van der Waals surface area contributed by atoms with Gasteiger partial charge in [-0.1, -0.05) is 0 Å². The molecule has 1 fully saturated rings. The van der Waals surface area contributed by atoms with E-state index < -0.39 is 4.92 Å². The summed E-state index contributed by atoms with van der Waals surface area (Å²) >= 11 is 0. The Hall–Kier alpha value is -1.96. The maximum absolute atomic E-state index is 10.9. The lowest BCUT2D eigenvalue weighted by Gasteiger charge is -2.12. The fourth-order valence-corrected chi connectivity index (χ4v) is 1.35. The third-order valence-electron chi connectivity index (χ3n) is 2.56. The van der Waals surface area contributed by atoms with Crippen LogP contribution in [0.15, 0.2) is 6.33 Å². The molecular weight excluding hydrogens is 212 g/mol. The standard InChI is InChI=1S/C8H12N6O2/c1-8(2-3-8)12-6-5(14(15)16)7(13-9)11-4-10-6/h4H,2-3,9H2,1H3,(H2,10,11,12,13). The van der Waals surface area contributed by atoms with E-state index in [1.807, 2.05) is 6.92 Å². The molecular formula is C8H12N6O2. The Morgan fingerprint density at radius 1 is 1.50 bits per heavy atom. The van der Waals surface area contributed by atoms with Gasteiger partial charge in [-0.25, -0.2) is 15.8 Å². The fourth-order valence-electron chi connectivity index (χ4n) is 1.35. The third kappa shape index (κ3) is 1.87. The average Bonchev–Trinajstić information content (AvgIpc) is 2.95. The van der Waals surface area contributed by atoms with Crippen LogP contribution in [-0.2, 0) is 0 Å². The lowest BCUT2D eigenvalue weighted by atomic mass is 10.3. The summed E-state index contributed by atoms with van der Waals surface area (Å²) in [5.41, 5.74) is 1.87. The van der Waals surface area contributed by atoms with Gasteiger partial charge in [-0.05, 0) is 19.8 Å². The Bertz CT molecular complexity index is 431. The summed E-state index contributed by atoms with van der Waals surface area (Å²) in [5.74, 6) is 5.37. The zero-order valence-corrected chi connectivity index (χ0v) is 8.73. The third-order valence-corrected chi connectivity index (χ3v) is 2.56. The second-order valence-electron chi connectivity index (χ2n) is 4.01. The topological polar surface area (TPSA) is 119 Å². The zero-order valence-electron chi connectivity index (χ0n) is 8.73. The van der Waals surface area contributed by atoms with Gasteiger partial charge >= 0.3 is 5.69 Å². The molecule has 8 nitrogen and oxygen atoms in total. The molecule has 2 rings (SSSR count). The average molecular weight is 224 g/mol. The molecule has 1 aliphatic rings. The van der Waals surface area contributed by atoms with Crippen molar-refractivity contribution in [2.24, 2.45) is 5.84 Å². The van der Waals surface area contributed by atoms with Crippen molar-refractivity contribution < 1.29 is 4.92 Å². The number of hydrazine groups is 1. The second kappa shape index (κ2) is 3.56. The summed E-state index contributed by atoms with van der Waals surface area (Å²) in [6, 6.07) is 0. The van der Waals surface area contributed by atoms with Gasteiger partial charge in [0.25, 0.3) is 0 Å². The van der Waals surface area contributed by atoms with Crippen molar-refractivity contribution in [3.05, 3.63) is 16.4 Å². The number of hydrogen-bond donors (Lipinski definition) is 3. The van der Waals surface area contributed by atoms with E-state index in [0.29, 0.717) is 0 Å². The first-order valence-electron chi connectivity index (χ1n) is 4.80. The first kappa shape index (κ1) is 10.6. The van der Waals surface area contributed by atoms with Gasteiger partial charge in [-0.3, -0.25) is 10.1 Å². The zero-order chi connectivity index (χ0) is 11.8. The smallest absolute Gasteiger partial charge is 0.354 e. The van der Waals surface area contributed by atoms with Crippen LogP contribution in [0.25, 0.3) is 0 Å². The Morgan fingerprint density at radius 3 is 2.62 bits per heavy atom. The normalized spacial score (nSPS) is 16.6. The Balaban J connectivity index is 2.39. The molecule has 0 radical (unpaired) electrons. The quantitative estimate of drug-likeness (QED) is 0.390. The molecule has 4 N–H and O–H groups in total. The van der Waals surface area contributed by atoms with Crippen molar-refractivity contribution in [1.82, 2.24) is 9.97 Å². The van der Waals surface area contributed by atoms with Crippen LogP contribution in [0.1, 0.15) is 19.8 Å². The summed E-state index contributed by atoms with van der Waals surface area (Å²) in [7, 11) is 0. The molecule has 8 heteroatoms. The number of nitro groups is 1. The van der Waals surface area contributed by atoms with Crippen LogP contribution >= 0.6 is 0 Å². The van der Waals surface area contributed by atoms with Gasteiger partial charge in [0.1, 0.15) is 6.33 Å². The summed E-state index contributed by atoms with van der Waals surface area (Å²) in [6.07, 6.45) is 3.18. The molecule has 1 aromatic heterocycles. The molecule has 1 aromatic rings. The van der Waals surface area contributed by atoms with E-state index in [4.69, 9.17) is 5.84 Å². The summed E-state index contributed by atoms with van der Waals surface area (Å²) in [4.78, 5) is 17.9. The summed E-state index contributed by atoms with van der Waals surface area (Å²) < 4.78 is 0. The minimum absolute atomic E-state index is 0.00625. The van der Waals surface area contributed by atoms with Crippen molar-refractivity contribution in [3.63, 3.8) is 0 Å². The number of nitrogens with two attached hydrogens (primary N) is 1. The minimum atomic E-state index is -0.552. The van der Waals surface area contributed by atoms with Crippen LogP contribution in [0.4, 0.5) is 17.3 Å². The highest BCUT2D eigenvalue weighted by atomic mass is 16.6. The highest BCUT2D eigenvalue weighted by molar-refractivity contribution is 5.69. The van der Waals surface area contributed by atoms with Crippen molar-refractivity contribution in [3.8, 4) is 0 Å². The largest absolute Gasteiger partial charge is 0.359 e. The molecule has 0 amide bonds. The molecule has 1 saturated carbocycles. The Morgan fingerprint density at radius 2 is 2.12 bits per heavy atom. The van der Waals surface area contributed by atoms with Crippen molar-refractivity contribution in [1.29, 1.82) is 0 Å². The number of hydrogen-bond acceptors (Lipinski definition) is 7. The Kier molecular flexibility index (Phi) is 2.35. The van der Waals surface area contributed by atoms with E-state index >= 15 is 0 Å². The fraction of sp³-hybridized carbons (Fsp3) is 0.500. The summed E-state index contributed by atoms with van der Waals surface area (Å²) in [5, 5.41) is 13.9. The van der Waals surface area contributed by atoms with E-state index in [1.165, 1.54) is 6.33 Å². The number of aromatic nitrogens is 2. The highest BCUT2D eigenvalue weighted by Crippen LogP contribution is 2.40. The molecule has 16 heavy (non-hydrogen) atoms. The first-order chi connectivity index (χ1) is 7.56. The van der Waals surface area contributed by atoms with Crippen molar-refractivity contribution in [2.45, 2.75) is 25.3 Å². The number of anilines is 2. The van der Waals surface area contributed by atoms with Crippen molar-refractivity contribution >= 4 is 17.3 Å². The van der Waals surface area contributed by atoms with Crippen LogP contribution in [0, 0.1) is 10.1 Å². The van der Waals surface area contributed by atoms with Gasteiger partial charge in [0.2, 0.25) is 11.6 Å². The second-order valence-corrected chi connectivity index (χ2v) is 4.01. The minimum Gasteiger partial charge on any atom is -0.359 e. The van der Waals surface area contributed by atoms with E-state index in [2.05, 4.69) is 20.7 Å². The monoisotopic (exact) mass is 224 g/mol. The highest BCUT2D eigenvalue weighted by Gasteiger charge is 2.39. The van der Waals surface area contributed by atoms with Gasteiger partial charge in [0.05, 0.1) is 4.92 Å². The van der Waals surface area contributed by atoms with Crippen LogP contribution < -0.4 is 16.6 Å². The maximum atomic E-state index is 10.9. The molecule has 1 heterocycles. The predicted octanol–water partition coefficient (Wildman–Crippen LogP) is 0.635. The molecule has 0 unspecified atom stereocenters. The van der Waals surface area contributed by atoms with Gasteiger partial charge in [-0.2, -0.15) is 0 Å². The van der Waals surface area contributed by atoms with Gasteiger partial charge in [0.15, 0.2) is 0 Å². The van der Waals surface area contributed by atoms with Crippen LogP contribution in [-0.4, -0.2) is 20.4 Å². The van der Waals surface area contributed by atoms with Crippen LogP contribution in [0.5, 0.6) is 0 Å². The number of rotatable bonds is 4. The molecule has 0 bridgehead atoms. The molecule has 1 aliphatic carbocycles. The van der Waals surface area contributed by atoms with Gasteiger partial charge in [0, 0.05) is 5.54 Å². The predicted molar refractivity (Wildman–Crippen MR) is 57.8 cm³/mol. The molecule has 0 atom stereocenters. The van der Waals surface area contributed by atoms with Gasteiger partial charge < -0.3 is 10.7 Å². The maximum Gasteiger partial charge on any atom is 0.354 e. The SMILES string of the molecule is CC1(Nc2ncnc(NN)c2[N+](=O)[O-])CC1. The number of nitrogen functional groups attached to an aromatic ring is 1. The molecule has 0 aliphatic heterocycles. The van der Waals surface area contributed by atoms with Crippen LogP contribution in [0.3, 0.4) is 0 Å². The lowest BCUT2D eigenvalue weighted by Crippen LogP contribution is -2.20. The molecule has 0 saturated heterocycles. The molecule has 0 aromatic carbocycles.